The van der Waals surface area contributed by atoms with Crippen molar-refractivity contribution in [2.24, 2.45) is 0 Å². The van der Waals surface area contributed by atoms with E-state index >= 15 is 0 Å². The second kappa shape index (κ2) is 18.0. The highest BCUT2D eigenvalue weighted by molar-refractivity contribution is 6.39. The van der Waals surface area contributed by atoms with Crippen LogP contribution in [0, 0.1) is 0 Å². The maximum atomic E-state index is 13.0. The third-order valence-electron chi connectivity index (χ3n) is 7.74. The number of nitrogens with zero attached hydrogens (tertiary/aromatic N) is 2. The summed E-state index contributed by atoms with van der Waals surface area (Å²) in [6.45, 7) is 7.41. The van der Waals surface area contributed by atoms with Crippen LogP contribution >= 0.6 is 23.2 Å². The molecule has 0 aromatic heterocycles. The molecule has 5 rings (SSSR count). The zero-order chi connectivity index (χ0) is 32.0. The molecular formula is C35H44Cl2N4O4. The first kappa shape index (κ1) is 34.6. The highest BCUT2D eigenvalue weighted by Gasteiger charge is 2.25. The summed E-state index contributed by atoms with van der Waals surface area (Å²) in [5, 5.41) is 6.71. The van der Waals surface area contributed by atoms with Crippen LogP contribution in [0.4, 0.5) is 21.9 Å². The number of anilines is 3. The van der Waals surface area contributed by atoms with Gasteiger partial charge in [-0.3, -0.25) is 4.79 Å². The Balaban J connectivity index is 0.00000226. The summed E-state index contributed by atoms with van der Waals surface area (Å²) in [6.07, 6.45) is 4.87. The van der Waals surface area contributed by atoms with Gasteiger partial charge in [0.05, 0.1) is 22.3 Å². The second-order valence-corrected chi connectivity index (χ2v) is 11.7. The first-order valence-corrected chi connectivity index (χ1v) is 16.7. The van der Waals surface area contributed by atoms with Gasteiger partial charge in [-0.2, -0.15) is 0 Å². The molecule has 0 radical (unpaired) electrons. The molecule has 10 heteroatoms. The molecule has 2 N–H and O–H groups in total. The van der Waals surface area contributed by atoms with E-state index in [2.05, 4.69) is 27.7 Å². The van der Waals surface area contributed by atoms with Crippen molar-refractivity contribution >= 4 is 52.2 Å². The number of ether oxygens (including phenoxy) is 2. The largest absolute Gasteiger partial charge is 0.368 e. The Kier molecular flexibility index (Phi) is 13.8. The first-order valence-electron chi connectivity index (χ1n) is 15.9. The average Bonchev–Trinajstić information content (AvgIpc) is 3.07. The molecule has 1 unspecified atom stereocenters. The van der Waals surface area contributed by atoms with E-state index in [9.17, 15) is 9.59 Å². The third kappa shape index (κ3) is 10.4. The number of carbonyl (C=O) groups is 2. The highest BCUT2D eigenvalue weighted by atomic mass is 35.5. The monoisotopic (exact) mass is 654 g/mol. The summed E-state index contributed by atoms with van der Waals surface area (Å²) in [4.78, 5) is 29.7. The summed E-state index contributed by atoms with van der Waals surface area (Å²) < 4.78 is 12.0. The van der Waals surface area contributed by atoms with Gasteiger partial charge < -0.3 is 29.9 Å². The van der Waals surface area contributed by atoms with Crippen LogP contribution in [0.2, 0.25) is 10.0 Å². The quantitative estimate of drug-likeness (QED) is 0.229. The fraction of sp³-hybridized carbons (Fsp3) is 0.429. The maximum Gasteiger partial charge on any atom is 0.322 e. The molecule has 3 aromatic carbocycles. The van der Waals surface area contributed by atoms with Crippen molar-refractivity contribution in [3.63, 3.8) is 0 Å². The van der Waals surface area contributed by atoms with Crippen molar-refractivity contribution in [1.29, 1.82) is 0 Å². The zero-order valence-corrected chi connectivity index (χ0v) is 27.7. The smallest absolute Gasteiger partial charge is 0.322 e. The number of carbonyl (C=O) groups excluding carboxylic acids is 2. The van der Waals surface area contributed by atoms with Gasteiger partial charge >= 0.3 is 6.03 Å². The van der Waals surface area contributed by atoms with Gasteiger partial charge in [0.15, 0.2) is 6.29 Å². The van der Waals surface area contributed by atoms with Crippen LogP contribution < -0.4 is 15.5 Å². The number of nitrogens with one attached hydrogen (secondary N) is 2. The number of benzene rings is 3. The molecule has 3 amide bonds. The van der Waals surface area contributed by atoms with Gasteiger partial charge in [-0.15, -0.1) is 0 Å². The fourth-order valence-corrected chi connectivity index (χ4v) is 5.88. The zero-order valence-electron chi connectivity index (χ0n) is 26.2. The molecular weight excluding hydrogens is 611 g/mol. The second-order valence-electron chi connectivity index (χ2n) is 10.8. The molecule has 2 aliphatic rings. The molecule has 2 heterocycles. The predicted octanol–water partition coefficient (Wildman–Crippen LogP) is 8.38. The molecule has 2 fully saturated rings. The average molecular weight is 656 g/mol. The van der Waals surface area contributed by atoms with Crippen LogP contribution in [0.1, 0.15) is 57.1 Å². The maximum absolute atomic E-state index is 13.0. The van der Waals surface area contributed by atoms with Gasteiger partial charge in [-0.1, -0.05) is 73.4 Å². The van der Waals surface area contributed by atoms with E-state index in [1.54, 1.807) is 23.1 Å². The Morgan fingerprint density at radius 1 is 0.911 bits per heavy atom. The normalized spacial score (nSPS) is 16.4. The Morgan fingerprint density at radius 2 is 1.64 bits per heavy atom. The lowest BCUT2D eigenvalue weighted by Crippen LogP contribution is -2.50. The van der Waals surface area contributed by atoms with Crippen LogP contribution in [0.15, 0.2) is 66.7 Å². The van der Waals surface area contributed by atoms with Crippen molar-refractivity contribution < 1.29 is 19.1 Å². The summed E-state index contributed by atoms with van der Waals surface area (Å²) >= 11 is 12.5. The lowest BCUT2D eigenvalue weighted by Gasteiger charge is -2.37. The van der Waals surface area contributed by atoms with Crippen LogP contribution in [-0.4, -0.2) is 55.9 Å². The molecule has 0 saturated carbocycles. The van der Waals surface area contributed by atoms with Crippen LogP contribution in [0.3, 0.4) is 0 Å². The number of piperazine rings is 1. The van der Waals surface area contributed by atoms with E-state index in [0.29, 0.717) is 61.5 Å². The van der Waals surface area contributed by atoms with Gasteiger partial charge in [0.25, 0.3) is 0 Å². The number of hydrogen-bond donors (Lipinski definition) is 2. The number of urea groups is 1. The number of amides is 3. The standard InChI is InChI=1S/C33H38Cl2N4O4.C2H6/c34-27-11-7-12-28(35)32(27)37-33(41)39-19-17-38(18-20-39)29-16-15-26(22-25(29)23-43-31-14-4-5-21-42-31)36-30(40)13-6-10-24-8-2-1-3-9-24;1-2/h1-3,7-9,11-12,15-16,22,31H,4-6,10,13-14,17-21,23H2,(H,36,40)(H,37,41);1-2H3. The van der Waals surface area contributed by atoms with E-state index in [0.717, 1.165) is 49.0 Å². The first-order chi connectivity index (χ1) is 22.0. The summed E-state index contributed by atoms with van der Waals surface area (Å²) in [5.41, 5.74) is 4.38. The lowest BCUT2D eigenvalue weighted by molar-refractivity contribution is -0.168. The minimum absolute atomic E-state index is 0.00980. The third-order valence-corrected chi connectivity index (χ3v) is 8.37. The SMILES string of the molecule is CC.O=C(CCCc1ccccc1)Nc1ccc(N2CCN(C(=O)Nc3c(Cl)cccc3Cl)CC2)c(COC2CCCCO2)c1. The van der Waals surface area contributed by atoms with Crippen molar-refractivity contribution in [3.8, 4) is 0 Å². The molecule has 2 saturated heterocycles. The molecule has 0 aliphatic carbocycles. The number of aryl methyl sites for hydroxylation is 1. The van der Waals surface area contributed by atoms with Crippen LogP contribution in [0.25, 0.3) is 0 Å². The minimum atomic E-state index is -0.238. The number of para-hydroxylation sites is 1. The molecule has 45 heavy (non-hydrogen) atoms. The molecule has 0 bridgehead atoms. The summed E-state index contributed by atoms with van der Waals surface area (Å²) in [6, 6.07) is 21.0. The van der Waals surface area contributed by atoms with Crippen molar-refractivity contribution in [3.05, 3.63) is 87.9 Å². The molecule has 2 aliphatic heterocycles. The Bertz CT molecular complexity index is 1360. The van der Waals surface area contributed by atoms with Crippen molar-refractivity contribution in [2.45, 2.75) is 65.3 Å². The number of hydrogen-bond acceptors (Lipinski definition) is 5. The van der Waals surface area contributed by atoms with Crippen molar-refractivity contribution in [1.82, 2.24) is 4.90 Å². The molecule has 8 nitrogen and oxygen atoms in total. The van der Waals surface area contributed by atoms with E-state index < -0.39 is 0 Å². The summed E-state index contributed by atoms with van der Waals surface area (Å²) in [7, 11) is 0. The van der Waals surface area contributed by atoms with Crippen LogP contribution in [0.5, 0.6) is 0 Å². The predicted molar refractivity (Wildman–Crippen MR) is 183 cm³/mol. The van der Waals surface area contributed by atoms with Gasteiger partial charge in [0.1, 0.15) is 0 Å². The van der Waals surface area contributed by atoms with Gasteiger partial charge in [0, 0.05) is 56.1 Å². The van der Waals surface area contributed by atoms with Gasteiger partial charge in [0.2, 0.25) is 5.91 Å². The van der Waals surface area contributed by atoms with Crippen molar-refractivity contribution in [2.75, 3.05) is 48.3 Å². The van der Waals surface area contributed by atoms with E-state index in [4.69, 9.17) is 32.7 Å². The van der Waals surface area contributed by atoms with Gasteiger partial charge in [-0.05, 0) is 68.0 Å². The Hall–Kier alpha value is -3.30. The summed E-state index contributed by atoms with van der Waals surface area (Å²) in [5.74, 6) is -0.00980. The van der Waals surface area contributed by atoms with E-state index in [1.165, 1.54) is 5.56 Å². The molecule has 3 aromatic rings. The molecule has 1 atom stereocenters. The highest BCUT2D eigenvalue weighted by Crippen LogP contribution is 2.31. The van der Waals surface area contributed by atoms with E-state index in [-0.39, 0.29) is 18.2 Å². The molecule has 242 valence electrons. The number of rotatable bonds is 10. The number of halogens is 2. The van der Waals surface area contributed by atoms with Crippen LogP contribution in [-0.2, 0) is 27.3 Å². The van der Waals surface area contributed by atoms with Gasteiger partial charge in [-0.25, -0.2) is 4.79 Å². The fourth-order valence-electron chi connectivity index (χ4n) is 5.39. The Morgan fingerprint density at radius 3 is 2.33 bits per heavy atom. The Labute approximate surface area is 277 Å². The topological polar surface area (TPSA) is 83.1 Å². The van der Waals surface area contributed by atoms with E-state index in [1.807, 2.05) is 50.2 Å². The molecule has 0 spiro atoms. The minimum Gasteiger partial charge on any atom is -0.368 e. The lowest BCUT2D eigenvalue weighted by atomic mass is 10.1.